The van der Waals surface area contributed by atoms with E-state index in [4.69, 9.17) is 9.15 Å². The Morgan fingerprint density at radius 2 is 1.65 bits per heavy atom. The molecule has 2 aromatic rings. The number of halogens is 6. The molecule has 31 heavy (non-hydrogen) atoms. The molecule has 0 aliphatic carbocycles. The number of hydrogen-bond acceptors (Lipinski definition) is 5. The maximum atomic E-state index is 13.1. The molecule has 0 spiro atoms. The highest BCUT2D eigenvalue weighted by molar-refractivity contribution is 7.89. The van der Waals surface area contributed by atoms with Gasteiger partial charge < -0.3 is 9.15 Å². The van der Waals surface area contributed by atoms with Gasteiger partial charge in [0.25, 0.3) is 0 Å². The Bertz CT molecular complexity index is 967. The lowest BCUT2D eigenvalue weighted by Crippen LogP contribution is -2.33. The number of esters is 1. The third kappa shape index (κ3) is 6.47. The lowest BCUT2D eigenvalue weighted by molar-refractivity contribution is -0.144. The largest absolute Gasteiger partial charge is 0.468 e. The van der Waals surface area contributed by atoms with Gasteiger partial charge in [-0.1, -0.05) is 0 Å². The van der Waals surface area contributed by atoms with Crippen LogP contribution in [0.25, 0.3) is 0 Å². The van der Waals surface area contributed by atoms with Crippen LogP contribution in [-0.2, 0) is 38.5 Å². The van der Waals surface area contributed by atoms with Crippen molar-refractivity contribution >= 4 is 16.0 Å². The molecule has 1 heterocycles. The molecule has 0 saturated carbocycles. The molecule has 0 radical (unpaired) electrons. The first-order chi connectivity index (χ1) is 14.2. The van der Waals surface area contributed by atoms with Crippen LogP contribution in [0.4, 0.5) is 26.3 Å². The number of rotatable bonds is 8. The van der Waals surface area contributed by atoms with Gasteiger partial charge in [0.1, 0.15) is 5.76 Å². The summed E-state index contributed by atoms with van der Waals surface area (Å²) in [6, 6.07) is 2.83. The molecule has 172 valence electrons. The van der Waals surface area contributed by atoms with E-state index in [0.29, 0.717) is 4.31 Å². The Balaban J connectivity index is 2.52. The minimum absolute atomic E-state index is 0.00629. The van der Waals surface area contributed by atoms with Crippen LogP contribution in [-0.4, -0.2) is 31.8 Å². The van der Waals surface area contributed by atoms with Crippen LogP contribution in [0.1, 0.15) is 30.2 Å². The van der Waals surface area contributed by atoms with Crippen molar-refractivity contribution in [2.75, 3.05) is 13.2 Å². The minimum Gasteiger partial charge on any atom is -0.468 e. The van der Waals surface area contributed by atoms with Crippen molar-refractivity contribution in [2.45, 2.75) is 37.1 Å². The summed E-state index contributed by atoms with van der Waals surface area (Å²) in [4.78, 5) is 10.4. The van der Waals surface area contributed by atoms with E-state index < -0.39 is 63.9 Å². The second-order valence-electron chi connectivity index (χ2n) is 6.21. The Kier molecular flexibility index (Phi) is 7.42. The van der Waals surface area contributed by atoms with E-state index in [1.165, 1.54) is 25.3 Å². The number of carbonyl (C=O) groups is 1. The van der Waals surface area contributed by atoms with Crippen LogP contribution >= 0.6 is 0 Å². The van der Waals surface area contributed by atoms with Gasteiger partial charge in [-0.15, -0.1) is 0 Å². The van der Waals surface area contributed by atoms with Crippen molar-refractivity contribution in [2.24, 2.45) is 0 Å². The first-order valence-corrected chi connectivity index (χ1v) is 10.2. The zero-order valence-electron chi connectivity index (χ0n) is 16.0. The number of carbonyl (C=O) groups excluding carboxylic acids is 1. The van der Waals surface area contributed by atoms with Gasteiger partial charge >= 0.3 is 18.3 Å². The molecule has 0 aliphatic heterocycles. The van der Waals surface area contributed by atoms with E-state index >= 15 is 0 Å². The Hall–Kier alpha value is -2.54. The number of alkyl halides is 6. The molecule has 6 nitrogen and oxygen atoms in total. The molecule has 0 N–H and O–H groups in total. The van der Waals surface area contributed by atoms with Crippen molar-refractivity contribution in [3.63, 3.8) is 0 Å². The summed E-state index contributed by atoms with van der Waals surface area (Å²) in [5, 5.41) is 0. The quantitative estimate of drug-likeness (QED) is 0.418. The fraction of sp³-hybridized carbons (Fsp3) is 0.389. The highest BCUT2D eigenvalue weighted by Gasteiger charge is 2.39. The summed E-state index contributed by atoms with van der Waals surface area (Å²) >= 11 is 0. The van der Waals surface area contributed by atoms with Gasteiger partial charge in [0.05, 0.1) is 41.9 Å². The van der Waals surface area contributed by atoms with E-state index in [0.717, 1.165) is 0 Å². The highest BCUT2D eigenvalue weighted by Crippen LogP contribution is 2.38. The number of furan rings is 1. The molecular weight excluding hydrogens is 456 g/mol. The van der Waals surface area contributed by atoms with Crippen molar-refractivity contribution in [3.8, 4) is 0 Å². The fourth-order valence-electron chi connectivity index (χ4n) is 2.53. The molecule has 0 saturated heterocycles. The van der Waals surface area contributed by atoms with Crippen molar-refractivity contribution < 1.29 is 48.7 Å². The van der Waals surface area contributed by atoms with E-state index in [9.17, 15) is 39.6 Å². The maximum absolute atomic E-state index is 13.1. The van der Waals surface area contributed by atoms with Crippen LogP contribution in [0, 0.1) is 0 Å². The van der Waals surface area contributed by atoms with Gasteiger partial charge in [0, 0.05) is 6.54 Å². The molecule has 0 amide bonds. The molecule has 1 aromatic carbocycles. The third-order valence-electron chi connectivity index (χ3n) is 3.98. The second-order valence-corrected chi connectivity index (χ2v) is 8.15. The standard InChI is InChI=1S/C18H17F6NO5S/c1-2-29-16(26)5-6-25(11-14-4-3-7-30-14)31(27,28)15-9-12(17(19,20)21)8-13(10-15)18(22,23)24/h3-4,7-10H,2,5-6,11H2,1H3. The molecule has 0 bridgehead atoms. The summed E-state index contributed by atoms with van der Waals surface area (Å²) in [6.45, 7) is 0.439. The van der Waals surface area contributed by atoms with Crippen molar-refractivity contribution in [1.82, 2.24) is 4.31 Å². The first-order valence-electron chi connectivity index (χ1n) is 8.72. The molecular formula is C18H17F6NO5S. The summed E-state index contributed by atoms with van der Waals surface area (Å²) in [6.07, 6.45) is -9.71. The van der Waals surface area contributed by atoms with Crippen molar-refractivity contribution in [1.29, 1.82) is 0 Å². The smallest absolute Gasteiger partial charge is 0.416 e. The topological polar surface area (TPSA) is 76.8 Å². The van der Waals surface area contributed by atoms with Gasteiger partial charge in [-0.25, -0.2) is 8.42 Å². The average molecular weight is 473 g/mol. The Morgan fingerprint density at radius 3 is 2.10 bits per heavy atom. The predicted octanol–water partition coefficient (Wildman–Crippen LogP) is 4.46. The zero-order chi connectivity index (χ0) is 23.4. The number of ether oxygens (including phenoxy) is 1. The molecule has 0 unspecified atom stereocenters. The van der Waals surface area contributed by atoms with Crippen LogP contribution in [0.15, 0.2) is 45.9 Å². The number of benzene rings is 1. The summed E-state index contributed by atoms with van der Waals surface area (Å²) in [5.41, 5.74) is -3.55. The van der Waals surface area contributed by atoms with E-state index in [-0.39, 0.29) is 30.6 Å². The molecule has 1 aromatic heterocycles. The summed E-state index contributed by atoms with van der Waals surface area (Å²) < 4.78 is 115. The van der Waals surface area contributed by atoms with Crippen LogP contribution in [0.2, 0.25) is 0 Å². The number of sulfonamides is 1. The summed E-state index contributed by atoms with van der Waals surface area (Å²) in [7, 11) is -4.89. The van der Waals surface area contributed by atoms with E-state index in [1.54, 1.807) is 0 Å². The molecule has 2 rings (SSSR count). The van der Waals surface area contributed by atoms with Gasteiger partial charge in [0.15, 0.2) is 0 Å². The fourth-order valence-corrected chi connectivity index (χ4v) is 4.01. The first kappa shape index (κ1) is 24.7. The zero-order valence-corrected chi connectivity index (χ0v) is 16.8. The second kappa shape index (κ2) is 9.30. The predicted molar refractivity (Wildman–Crippen MR) is 94.0 cm³/mol. The van der Waals surface area contributed by atoms with Gasteiger partial charge in [0.2, 0.25) is 10.0 Å². The van der Waals surface area contributed by atoms with Gasteiger partial charge in [-0.2, -0.15) is 30.6 Å². The number of hydrogen-bond donors (Lipinski definition) is 0. The van der Waals surface area contributed by atoms with E-state index in [1.807, 2.05) is 0 Å². The summed E-state index contributed by atoms with van der Waals surface area (Å²) in [5.74, 6) is -0.724. The number of nitrogens with zero attached hydrogens (tertiary/aromatic N) is 1. The van der Waals surface area contributed by atoms with Crippen molar-refractivity contribution in [3.05, 3.63) is 53.5 Å². The van der Waals surface area contributed by atoms with Crippen LogP contribution in [0.5, 0.6) is 0 Å². The highest BCUT2D eigenvalue weighted by atomic mass is 32.2. The van der Waals surface area contributed by atoms with E-state index in [2.05, 4.69) is 0 Å². The Labute approximate surface area is 173 Å². The lowest BCUT2D eigenvalue weighted by atomic mass is 10.1. The van der Waals surface area contributed by atoms with Crippen LogP contribution < -0.4 is 0 Å². The Morgan fingerprint density at radius 1 is 1.06 bits per heavy atom. The molecule has 0 aliphatic rings. The SMILES string of the molecule is CCOC(=O)CCN(Cc1ccco1)S(=O)(=O)c1cc(C(F)(F)F)cc(C(F)(F)F)c1. The maximum Gasteiger partial charge on any atom is 0.416 e. The molecule has 0 atom stereocenters. The average Bonchev–Trinajstić information content (AvgIpc) is 3.16. The normalized spacial score (nSPS) is 12.9. The lowest BCUT2D eigenvalue weighted by Gasteiger charge is -2.22. The monoisotopic (exact) mass is 473 g/mol. The minimum atomic E-state index is -5.22. The van der Waals surface area contributed by atoms with Gasteiger partial charge in [-0.3, -0.25) is 4.79 Å². The molecule has 13 heteroatoms. The van der Waals surface area contributed by atoms with Crippen LogP contribution in [0.3, 0.4) is 0 Å². The third-order valence-corrected chi connectivity index (χ3v) is 5.80. The van der Waals surface area contributed by atoms with Gasteiger partial charge in [-0.05, 0) is 37.3 Å². The molecule has 0 fully saturated rings.